The number of carbonyl (C=O) groups excluding carboxylic acids is 3. The van der Waals surface area contributed by atoms with Gasteiger partial charge in [0.05, 0.1) is 7.11 Å². The predicted octanol–water partition coefficient (Wildman–Crippen LogP) is 2.23. The van der Waals surface area contributed by atoms with Gasteiger partial charge < -0.3 is 10.1 Å². The van der Waals surface area contributed by atoms with Crippen LogP contribution in [0.15, 0.2) is 0 Å². The smallest absolute Gasteiger partial charge is 0.328 e. The number of amides is 1. The lowest BCUT2D eigenvalue weighted by molar-refractivity contribution is -0.147. The van der Waals surface area contributed by atoms with E-state index in [1.807, 2.05) is 13.8 Å². The lowest BCUT2D eigenvalue weighted by Gasteiger charge is -2.17. The summed E-state index contributed by atoms with van der Waals surface area (Å²) < 4.78 is 4.64. The fourth-order valence-electron chi connectivity index (χ4n) is 1.89. The maximum Gasteiger partial charge on any atom is 0.328 e. The molecule has 0 heterocycles. The second-order valence-electron chi connectivity index (χ2n) is 5.41. The molecule has 0 aromatic carbocycles. The molecule has 1 N–H and O–H groups in total. The maximum absolute atomic E-state index is 11.8. The standard InChI is InChI=1S/C15H27NO4/c1-5-6-7-8-9-13(17)14(18)16-12(10-11(2)3)15(19)20-4/h11-12H,5-10H2,1-4H3,(H,16,18)/t12-/m0/s1. The molecule has 5 heteroatoms. The Balaban J connectivity index is 4.29. The van der Waals surface area contributed by atoms with E-state index in [0.717, 1.165) is 19.3 Å². The van der Waals surface area contributed by atoms with Crippen LogP contribution in [-0.4, -0.2) is 30.8 Å². The predicted molar refractivity (Wildman–Crippen MR) is 77.2 cm³/mol. The zero-order valence-electron chi connectivity index (χ0n) is 13.0. The van der Waals surface area contributed by atoms with Crippen molar-refractivity contribution in [1.29, 1.82) is 0 Å². The number of hydrogen-bond acceptors (Lipinski definition) is 4. The fraction of sp³-hybridized carbons (Fsp3) is 0.800. The average Bonchev–Trinajstić information content (AvgIpc) is 2.41. The van der Waals surface area contributed by atoms with Gasteiger partial charge in [-0.05, 0) is 18.8 Å². The van der Waals surface area contributed by atoms with Crippen LogP contribution < -0.4 is 5.32 Å². The Kier molecular flexibility index (Phi) is 9.68. The fourth-order valence-corrected chi connectivity index (χ4v) is 1.89. The molecule has 0 aromatic rings. The van der Waals surface area contributed by atoms with Crippen molar-refractivity contribution in [3.8, 4) is 0 Å². The minimum atomic E-state index is -0.743. The van der Waals surface area contributed by atoms with Crippen molar-refractivity contribution in [2.45, 2.75) is 65.3 Å². The van der Waals surface area contributed by atoms with Gasteiger partial charge in [-0.15, -0.1) is 0 Å². The summed E-state index contributed by atoms with van der Waals surface area (Å²) in [6.07, 6.45) is 4.50. The van der Waals surface area contributed by atoms with Gasteiger partial charge in [0.15, 0.2) is 0 Å². The second-order valence-corrected chi connectivity index (χ2v) is 5.41. The van der Waals surface area contributed by atoms with Gasteiger partial charge in [-0.2, -0.15) is 0 Å². The van der Waals surface area contributed by atoms with Gasteiger partial charge in [-0.25, -0.2) is 4.79 Å². The molecule has 0 spiro atoms. The second kappa shape index (κ2) is 10.4. The summed E-state index contributed by atoms with van der Waals surface area (Å²) in [6, 6.07) is -0.743. The van der Waals surface area contributed by atoms with Crippen molar-refractivity contribution in [3.05, 3.63) is 0 Å². The van der Waals surface area contributed by atoms with E-state index < -0.39 is 23.7 Å². The summed E-state index contributed by atoms with van der Waals surface area (Å²) in [7, 11) is 1.27. The number of ketones is 1. The Morgan fingerprint density at radius 1 is 1.10 bits per heavy atom. The van der Waals surface area contributed by atoms with E-state index in [1.165, 1.54) is 7.11 Å². The zero-order valence-corrected chi connectivity index (χ0v) is 13.0. The van der Waals surface area contributed by atoms with Gasteiger partial charge in [-0.3, -0.25) is 9.59 Å². The topological polar surface area (TPSA) is 72.5 Å². The highest BCUT2D eigenvalue weighted by Gasteiger charge is 2.25. The molecule has 0 aliphatic heterocycles. The number of Topliss-reactive ketones (excluding diaryl/α,β-unsaturated/α-hetero) is 1. The summed E-state index contributed by atoms with van der Waals surface area (Å²) in [5, 5.41) is 2.48. The van der Waals surface area contributed by atoms with Crippen molar-refractivity contribution >= 4 is 17.7 Å². The van der Waals surface area contributed by atoms with Crippen molar-refractivity contribution in [2.75, 3.05) is 7.11 Å². The number of carbonyl (C=O) groups is 3. The van der Waals surface area contributed by atoms with Crippen molar-refractivity contribution in [2.24, 2.45) is 5.92 Å². The lowest BCUT2D eigenvalue weighted by Crippen LogP contribution is -2.45. The molecule has 0 unspecified atom stereocenters. The highest BCUT2D eigenvalue weighted by Crippen LogP contribution is 2.07. The van der Waals surface area contributed by atoms with Gasteiger partial charge in [0, 0.05) is 6.42 Å². The summed E-state index contributed by atoms with van der Waals surface area (Å²) in [5.74, 6) is -1.43. The molecule has 0 aliphatic carbocycles. The molecule has 0 bridgehead atoms. The van der Waals surface area contributed by atoms with Crippen molar-refractivity contribution in [3.63, 3.8) is 0 Å². The first-order valence-electron chi connectivity index (χ1n) is 7.33. The molecule has 0 radical (unpaired) electrons. The number of esters is 1. The van der Waals surface area contributed by atoms with Crippen LogP contribution in [0.2, 0.25) is 0 Å². The van der Waals surface area contributed by atoms with Crippen LogP contribution in [0.4, 0.5) is 0 Å². The quantitative estimate of drug-likeness (QED) is 0.379. The monoisotopic (exact) mass is 285 g/mol. The number of ether oxygens (including phenoxy) is 1. The zero-order chi connectivity index (χ0) is 15.5. The minimum Gasteiger partial charge on any atom is -0.467 e. The summed E-state index contributed by atoms with van der Waals surface area (Å²) in [6.45, 7) is 5.96. The lowest BCUT2D eigenvalue weighted by atomic mass is 10.0. The largest absolute Gasteiger partial charge is 0.467 e. The van der Waals surface area contributed by atoms with E-state index in [9.17, 15) is 14.4 Å². The Morgan fingerprint density at radius 3 is 2.25 bits per heavy atom. The third-order valence-corrected chi connectivity index (χ3v) is 3.01. The molecule has 1 atom stereocenters. The molecule has 0 aromatic heterocycles. The first-order chi connectivity index (χ1) is 9.42. The van der Waals surface area contributed by atoms with E-state index in [1.54, 1.807) is 0 Å². The number of methoxy groups -OCH3 is 1. The van der Waals surface area contributed by atoms with Gasteiger partial charge in [-0.1, -0.05) is 40.0 Å². The Morgan fingerprint density at radius 2 is 1.75 bits per heavy atom. The van der Waals surface area contributed by atoms with Crippen LogP contribution in [0.5, 0.6) is 0 Å². The Labute approximate surface area is 121 Å². The van der Waals surface area contributed by atoms with Crippen LogP contribution in [0.1, 0.15) is 59.3 Å². The first-order valence-corrected chi connectivity index (χ1v) is 7.33. The van der Waals surface area contributed by atoms with Crippen molar-refractivity contribution in [1.82, 2.24) is 5.32 Å². The molecular weight excluding hydrogens is 258 g/mol. The third kappa shape index (κ3) is 7.92. The third-order valence-electron chi connectivity index (χ3n) is 3.01. The van der Waals surface area contributed by atoms with Gasteiger partial charge >= 0.3 is 5.97 Å². The van der Waals surface area contributed by atoms with Gasteiger partial charge in [0.1, 0.15) is 6.04 Å². The molecule has 0 aliphatic rings. The maximum atomic E-state index is 11.8. The Hall–Kier alpha value is -1.39. The van der Waals surface area contributed by atoms with Crippen LogP contribution in [0.25, 0.3) is 0 Å². The van der Waals surface area contributed by atoms with E-state index in [0.29, 0.717) is 12.8 Å². The number of hydrogen-bond donors (Lipinski definition) is 1. The Bertz CT molecular complexity index is 326. The summed E-state index contributed by atoms with van der Waals surface area (Å²) in [5.41, 5.74) is 0. The molecule has 1 amide bonds. The molecule has 5 nitrogen and oxygen atoms in total. The molecule has 116 valence electrons. The molecule has 0 fully saturated rings. The first kappa shape index (κ1) is 18.6. The van der Waals surface area contributed by atoms with E-state index in [4.69, 9.17) is 0 Å². The van der Waals surface area contributed by atoms with E-state index in [2.05, 4.69) is 17.0 Å². The summed E-state index contributed by atoms with van der Waals surface area (Å²) in [4.78, 5) is 35.0. The molecule has 0 saturated heterocycles. The normalized spacial score (nSPS) is 12.1. The summed E-state index contributed by atoms with van der Waals surface area (Å²) >= 11 is 0. The van der Waals surface area contributed by atoms with E-state index in [-0.39, 0.29) is 12.3 Å². The number of nitrogens with one attached hydrogen (secondary N) is 1. The highest BCUT2D eigenvalue weighted by atomic mass is 16.5. The van der Waals surface area contributed by atoms with E-state index >= 15 is 0 Å². The van der Waals surface area contributed by atoms with Crippen LogP contribution >= 0.6 is 0 Å². The molecule has 0 rings (SSSR count). The van der Waals surface area contributed by atoms with Crippen LogP contribution in [0, 0.1) is 5.92 Å². The van der Waals surface area contributed by atoms with Gasteiger partial charge in [0.2, 0.25) is 5.78 Å². The number of unbranched alkanes of at least 4 members (excludes halogenated alkanes) is 3. The van der Waals surface area contributed by atoms with Crippen LogP contribution in [0.3, 0.4) is 0 Å². The molecule has 0 saturated carbocycles. The number of rotatable bonds is 10. The molecular formula is C15H27NO4. The van der Waals surface area contributed by atoms with Crippen molar-refractivity contribution < 1.29 is 19.1 Å². The SMILES string of the molecule is CCCCCCC(=O)C(=O)N[C@@H](CC(C)C)C(=O)OC. The van der Waals surface area contributed by atoms with Crippen LogP contribution in [-0.2, 0) is 19.1 Å². The van der Waals surface area contributed by atoms with Gasteiger partial charge in [0.25, 0.3) is 5.91 Å². The molecule has 20 heavy (non-hydrogen) atoms. The average molecular weight is 285 g/mol. The highest BCUT2D eigenvalue weighted by molar-refractivity contribution is 6.36. The minimum absolute atomic E-state index is 0.221.